The number of benzene rings is 1. The summed E-state index contributed by atoms with van der Waals surface area (Å²) in [7, 11) is 0. The second-order valence-corrected chi connectivity index (χ2v) is 4.41. The molecule has 1 aromatic heterocycles. The van der Waals surface area contributed by atoms with Crippen LogP contribution in [0.4, 0.5) is 18.9 Å². The van der Waals surface area contributed by atoms with E-state index >= 15 is 0 Å². The van der Waals surface area contributed by atoms with Crippen LogP contribution in [-0.4, -0.2) is 10.9 Å². The standard InChI is InChI=1S/C15H13F3N2O/c16-15(17,18)12-6-1-2-7-13(12)20-14(21)9-8-11-5-3-4-10-19-11/h1-7,10H,8-9H2,(H,20,21). The van der Waals surface area contributed by atoms with Gasteiger partial charge in [-0.15, -0.1) is 0 Å². The summed E-state index contributed by atoms with van der Waals surface area (Å²) >= 11 is 0. The molecule has 2 rings (SSSR count). The molecular weight excluding hydrogens is 281 g/mol. The van der Waals surface area contributed by atoms with Crippen molar-refractivity contribution in [3.05, 3.63) is 59.9 Å². The molecule has 0 atom stereocenters. The number of nitrogens with zero attached hydrogens (tertiary/aromatic N) is 1. The third-order valence-corrected chi connectivity index (χ3v) is 2.84. The highest BCUT2D eigenvalue weighted by Gasteiger charge is 2.33. The van der Waals surface area contributed by atoms with E-state index in [2.05, 4.69) is 10.3 Å². The lowest BCUT2D eigenvalue weighted by Gasteiger charge is -2.13. The average Bonchev–Trinajstić information content (AvgIpc) is 2.46. The van der Waals surface area contributed by atoms with Gasteiger partial charge in [-0.25, -0.2) is 0 Å². The van der Waals surface area contributed by atoms with Crippen LogP contribution in [0, 0.1) is 0 Å². The lowest BCUT2D eigenvalue weighted by atomic mass is 10.1. The van der Waals surface area contributed by atoms with Gasteiger partial charge in [0.05, 0.1) is 11.3 Å². The number of carbonyl (C=O) groups is 1. The molecule has 1 heterocycles. The first-order valence-corrected chi connectivity index (χ1v) is 6.33. The highest BCUT2D eigenvalue weighted by molar-refractivity contribution is 5.91. The molecule has 0 saturated heterocycles. The maximum Gasteiger partial charge on any atom is 0.418 e. The number of carbonyl (C=O) groups excluding carboxylic acids is 1. The predicted molar refractivity (Wildman–Crippen MR) is 72.6 cm³/mol. The van der Waals surface area contributed by atoms with Crippen molar-refractivity contribution < 1.29 is 18.0 Å². The Morgan fingerprint density at radius 2 is 1.81 bits per heavy atom. The van der Waals surface area contributed by atoms with E-state index in [0.29, 0.717) is 6.42 Å². The second-order valence-electron chi connectivity index (χ2n) is 4.41. The number of aryl methyl sites for hydroxylation is 1. The van der Waals surface area contributed by atoms with Crippen LogP contribution in [0.5, 0.6) is 0 Å². The first-order chi connectivity index (χ1) is 9.97. The molecule has 0 aliphatic carbocycles. The topological polar surface area (TPSA) is 42.0 Å². The number of amides is 1. The van der Waals surface area contributed by atoms with Crippen molar-refractivity contribution in [2.24, 2.45) is 0 Å². The van der Waals surface area contributed by atoms with Crippen molar-refractivity contribution in [1.82, 2.24) is 4.98 Å². The monoisotopic (exact) mass is 294 g/mol. The van der Waals surface area contributed by atoms with Gasteiger partial charge in [0, 0.05) is 18.3 Å². The van der Waals surface area contributed by atoms with E-state index in [1.165, 1.54) is 18.2 Å². The molecule has 110 valence electrons. The van der Waals surface area contributed by atoms with E-state index in [1.54, 1.807) is 24.4 Å². The number of pyridine rings is 1. The molecule has 0 aliphatic heterocycles. The Morgan fingerprint density at radius 1 is 1.10 bits per heavy atom. The maximum absolute atomic E-state index is 12.8. The van der Waals surface area contributed by atoms with E-state index in [1.807, 2.05) is 0 Å². The van der Waals surface area contributed by atoms with Crippen LogP contribution in [0.3, 0.4) is 0 Å². The highest BCUT2D eigenvalue weighted by Crippen LogP contribution is 2.34. The van der Waals surface area contributed by atoms with Crippen LogP contribution >= 0.6 is 0 Å². The molecule has 1 amide bonds. The number of aromatic nitrogens is 1. The third-order valence-electron chi connectivity index (χ3n) is 2.84. The molecular formula is C15H13F3N2O. The number of anilines is 1. The first-order valence-electron chi connectivity index (χ1n) is 6.33. The van der Waals surface area contributed by atoms with Gasteiger partial charge < -0.3 is 5.32 Å². The Hall–Kier alpha value is -2.37. The zero-order chi connectivity index (χ0) is 15.3. The van der Waals surface area contributed by atoms with E-state index < -0.39 is 17.6 Å². The fourth-order valence-corrected chi connectivity index (χ4v) is 1.84. The van der Waals surface area contributed by atoms with Crippen molar-refractivity contribution in [3.63, 3.8) is 0 Å². The molecule has 1 N–H and O–H groups in total. The Balaban J connectivity index is 2.00. The van der Waals surface area contributed by atoms with Gasteiger partial charge >= 0.3 is 6.18 Å². The summed E-state index contributed by atoms with van der Waals surface area (Å²) in [5, 5.41) is 2.30. The largest absolute Gasteiger partial charge is 0.418 e. The van der Waals surface area contributed by atoms with E-state index in [4.69, 9.17) is 0 Å². The molecule has 2 aromatic rings. The minimum atomic E-state index is -4.50. The fourth-order valence-electron chi connectivity index (χ4n) is 1.84. The van der Waals surface area contributed by atoms with E-state index in [9.17, 15) is 18.0 Å². The third kappa shape index (κ3) is 4.30. The summed E-state index contributed by atoms with van der Waals surface area (Å²) in [4.78, 5) is 15.8. The number of hydrogen-bond donors (Lipinski definition) is 1. The van der Waals surface area contributed by atoms with Crippen LogP contribution in [0.2, 0.25) is 0 Å². The SMILES string of the molecule is O=C(CCc1ccccn1)Nc1ccccc1C(F)(F)F. The van der Waals surface area contributed by atoms with Crippen molar-refractivity contribution >= 4 is 11.6 Å². The smallest absolute Gasteiger partial charge is 0.325 e. The number of halogens is 3. The summed E-state index contributed by atoms with van der Waals surface area (Å²) in [6.07, 6.45) is -2.44. The van der Waals surface area contributed by atoms with E-state index in [0.717, 1.165) is 11.8 Å². The number of alkyl halides is 3. The maximum atomic E-state index is 12.8. The number of nitrogens with one attached hydrogen (secondary N) is 1. The predicted octanol–water partition coefficient (Wildman–Crippen LogP) is 3.67. The summed E-state index contributed by atoms with van der Waals surface area (Å²) < 4.78 is 38.4. The quantitative estimate of drug-likeness (QED) is 0.934. The Kier molecular flexibility index (Phi) is 4.57. The van der Waals surface area contributed by atoms with Crippen molar-refractivity contribution in [2.75, 3.05) is 5.32 Å². The lowest BCUT2D eigenvalue weighted by molar-refractivity contribution is -0.137. The van der Waals surface area contributed by atoms with Crippen molar-refractivity contribution in [1.29, 1.82) is 0 Å². The highest BCUT2D eigenvalue weighted by atomic mass is 19.4. The van der Waals surface area contributed by atoms with Crippen LogP contribution in [-0.2, 0) is 17.4 Å². The van der Waals surface area contributed by atoms with Gasteiger partial charge in [-0.3, -0.25) is 9.78 Å². The molecule has 1 aromatic carbocycles. The normalized spacial score (nSPS) is 11.2. The minimum absolute atomic E-state index is 0.0726. The van der Waals surface area contributed by atoms with Gasteiger partial charge in [-0.05, 0) is 30.7 Å². The Labute approximate surface area is 119 Å². The zero-order valence-electron chi connectivity index (χ0n) is 11.0. The molecule has 6 heteroatoms. The molecule has 0 bridgehead atoms. The Bertz CT molecular complexity index is 612. The zero-order valence-corrected chi connectivity index (χ0v) is 11.0. The second kappa shape index (κ2) is 6.39. The molecule has 21 heavy (non-hydrogen) atoms. The lowest BCUT2D eigenvalue weighted by Crippen LogP contribution is -2.17. The van der Waals surface area contributed by atoms with Crippen LogP contribution in [0.25, 0.3) is 0 Å². The molecule has 0 saturated carbocycles. The van der Waals surface area contributed by atoms with Gasteiger partial charge in [-0.1, -0.05) is 18.2 Å². The summed E-state index contributed by atoms with van der Waals surface area (Å²) in [6.45, 7) is 0. The van der Waals surface area contributed by atoms with Gasteiger partial charge in [0.1, 0.15) is 0 Å². The molecule has 0 aliphatic rings. The minimum Gasteiger partial charge on any atom is -0.325 e. The summed E-state index contributed by atoms with van der Waals surface area (Å²) in [6, 6.07) is 10.2. The summed E-state index contributed by atoms with van der Waals surface area (Å²) in [5.41, 5.74) is -0.357. The van der Waals surface area contributed by atoms with Gasteiger partial charge in [0.2, 0.25) is 5.91 Å². The number of para-hydroxylation sites is 1. The Morgan fingerprint density at radius 3 is 2.48 bits per heavy atom. The van der Waals surface area contributed by atoms with Crippen LogP contribution < -0.4 is 5.32 Å². The average molecular weight is 294 g/mol. The van der Waals surface area contributed by atoms with Crippen LogP contribution in [0.1, 0.15) is 17.7 Å². The molecule has 0 unspecified atom stereocenters. The van der Waals surface area contributed by atoms with Crippen molar-refractivity contribution in [2.45, 2.75) is 19.0 Å². The molecule has 3 nitrogen and oxygen atoms in total. The van der Waals surface area contributed by atoms with Crippen molar-refractivity contribution in [3.8, 4) is 0 Å². The number of hydrogen-bond acceptors (Lipinski definition) is 2. The fraction of sp³-hybridized carbons (Fsp3) is 0.200. The molecule has 0 spiro atoms. The summed E-state index contributed by atoms with van der Waals surface area (Å²) in [5.74, 6) is -0.475. The number of rotatable bonds is 4. The van der Waals surface area contributed by atoms with Gasteiger partial charge in [0.15, 0.2) is 0 Å². The molecule has 0 radical (unpaired) electrons. The van der Waals surface area contributed by atoms with E-state index in [-0.39, 0.29) is 12.1 Å². The van der Waals surface area contributed by atoms with Gasteiger partial charge in [-0.2, -0.15) is 13.2 Å². The van der Waals surface area contributed by atoms with Gasteiger partial charge in [0.25, 0.3) is 0 Å². The van der Waals surface area contributed by atoms with Crippen LogP contribution in [0.15, 0.2) is 48.7 Å². The first kappa shape index (κ1) is 15.0. The molecule has 0 fully saturated rings.